The van der Waals surface area contributed by atoms with Crippen molar-refractivity contribution in [2.75, 3.05) is 12.4 Å². The summed E-state index contributed by atoms with van der Waals surface area (Å²) in [5.74, 6) is 2.20. The lowest BCUT2D eigenvalue weighted by atomic mass is 9.84. The fourth-order valence-electron chi connectivity index (χ4n) is 2.36. The number of aromatic nitrogens is 3. The normalized spacial score (nSPS) is 26.6. The van der Waals surface area contributed by atoms with E-state index in [1.165, 1.54) is 12.8 Å². The molecule has 1 heterocycles. The average molecular weight is 209 g/mol. The number of anilines is 1. The monoisotopic (exact) mass is 209 g/mol. The molecule has 5 nitrogen and oxygen atoms in total. The second-order valence-electron chi connectivity index (χ2n) is 4.25. The summed E-state index contributed by atoms with van der Waals surface area (Å²) in [7, 11) is 3.84. The Morgan fingerprint density at radius 1 is 1.33 bits per heavy atom. The lowest BCUT2D eigenvalue weighted by Gasteiger charge is -2.27. The predicted octanol–water partition coefficient (Wildman–Crippen LogP) is 0.842. The standard InChI is InChI=1S/C10H19N5/c1-12-10-14-13-9(15(10)2)7-5-3-4-6-8(7)11/h7-8H,3-6,11H2,1-2H3,(H,12,14). The van der Waals surface area contributed by atoms with Crippen LogP contribution < -0.4 is 11.1 Å². The van der Waals surface area contributed by atoms with Gasteiger partial charge in [0, 0.05) is 26.1 Å². The van der Waals surface area contributed by atoms with E-state index in [2.05, 4.69) is 15.5 Å². The Morgan fingerprint density at radius 2 is 2.07 bits per heavy atom. The molecule has 0 saturated heterocycles. The fourth-order valence-corrected chi connectivity index (χ4v) is 2.36. The molecule has 1 fully saturated rings. The van der Waals surface area contributed by atoms with Gasteiger partial charge in [-0.15, -0.1) is 10.2 Å². The number of nitrogens with one attached hydrogen (secondary N) is 1. The van der Waals surface area contributed by atoms with Crippen molar-refractivity contribution in [3.8, 4) is 0 Å². The molecule has 3 N–H and O–H groups in total. The van der Waals surface area contributed by atoms with E-state index in [1.54, 1.807) is 0 Å². The van der Waals surface area contributed by atoms with Crippen molar-refractivity contribution in [3.05, 3.63) is 5.82 Å². The Balaban J connectivity index is 2.23. The largest absolute Gasteiger partial charge is 0.357 e. The minimum Gasteiger partial charge on any atom is -0.357 e. The number of hydrogen-bond donors (Lipinski definition) is 2. The maximum Gasteiger partial charge on any atom is 0.224 e. The van der Waals surface area contributed by atoms with E-state index in [1.807, 2.05) is 18.7 Å². The quantitative estimate of drug-likeness (QED) is 0.757. The van der Waals surface area contributed by atoms with Crippen LogP contribution in [0.4, 0.5) is 5.95 Å². The molecule has 1 aromatic rings. The maximum atomic E-state index is 6.13. The molecule has 2 unspecified atom stereocenters. The van der Waals surface area contributed by atoms with Crippen LogP contribution in [0.5, 0.6) is 0 Å². The summed E-state index contributed by atoms with van der Waals surface area (Å²) in [6, 6.07) is 0.242. The van der Waals surface area contributed by atoms with Crippen LogP contribution in [0.3, 0.4) is 0 Å². The van der Waals surface area contributed by atoms with Gasteiger partial charge in [-0.05, 0) is 12.8 Å². The topological polar surface area (TPSA) is 68.8 Å². The van der Waals surface area contributed by atoms with Crippen LogP contribution in [0.15, 0.2) is 0 Å². The van der Waals surface area contributed by atoms with E-state index < -0.39 is 0 Å². The van der Waals surface area contributed by atoms with Crippen LogP contribution in [0.1, 0.15) is 37.4 Å². The first-order valence-corrected chi connectivity index (χ1v) is 5.56. The summed E-state index contributed by atoms with van der Waals surface area (Å²) in [4.78, 5) is 0. The first kappa shape index (κ1) is 10.4. The molecule has 1 aromatic heterocycles. The fraction of sp³-hybridized carbons (Fsp3) is 0.800. The van der Waals surface area contributed by atoms with E-state index in [4.69, 9.17) is 5.73 Å². The molecule has 15 heavy (non-hydrogen) atoms. The van der Waals surface area contributed by atoms with E-state index in [0.717, 1.165) is 24.6 Å². The summed E-state index contributed by atoms with van der Waals surface area (Å²) < 4.78 is 2.01. The van der Waals surface area contributed by atoms with Gasteiger partial charge in [-0.2, -0.15) is 0 Å². The molecule has 0 aliphatic heterocycles. The molecular weight excluding hydrogens is 190 g/mol. The lowest BCUT2D eigenvalue weighted by molar-refractivity contribution is 0.367. The third-order valence-electron chi connectivity index (χ3n) is 3.28. The molecule has 0 amide bonds. The maximum absolute atomic E-state index is 6.13. The highest BCUT2D eigenvalue weighted by molar-refractivity contribution is 5.25. The smallest absolute Gasteiger partial charge is 0.224 e. The summed E-state index contributed by atoms with van der Waals surface area (Å²) in [6.45, 7) is 0. The Bertz CT molecular complexity index is 333. The van der Waals surface area contributed by atoms with Crippen LogP contribution in [0.2, 0.25) is 0 Å². The summed E-state index contributed by atoms with van der Waals surface area (Å²) in [5, 5.41) is 11.3. The van der Waals surface area contributed by atoms with Crippen molar-refractivity contribution in [2.45, 2.75) is 37.6 Å². The zero-order valence-corrected chi connectivity index (χ0v) is 9.40. The van der Waals surface area contributed by atoms with Crippen molar-refractivity contribution < 1.29 is 0 Å². The minimum atomic E-state index is 0.242. The number of nitrogens with zero attached hydrogens (tertiary/aromatic N) is 3. The van der Waals surface area contributed by atoms with Gasteiger partial charge < -0.3 is 15.6 Å². The zero-order valence-electron chi connectivity index (χ0n) is 9.40. The molecule has 1 saturated carbocycles. The van der Waals surface area contributed by atoms with Gasteiger partial charge in [-0.3, -0.25) is 0 Å². The van der Waals surface area contributed by atoms with Crippen LogP contribution in [-0.4, -0.2) is 27.9 Å². The summed E-state index contributed by atoms with van der Waals surface area (Å²) in [6.07, 6.45) is 4.73. The van der Waals surface area contributed by atoms with Crippen molar-refractivity contribution in [1.29, 1.82) is 0 Å². The van der Waals surface area contributed by atoms with Crippen LogP contribution in [-0.2, 0) is 7.05 Å². The minimum absolute atomic E-state index is 0.242. The Kier molecular flexibility index (Phi) is 2.90. The molecule has 0 bridgehead atoms. The zero-order chi connectivity index (χ0) is 10.8. The Hall–Kier alpha value is -1.10. The van der Waals surface area contributed by atoms with Crippen molar-refractivity contribution in [2.24, 2.45) is 12.8 Å². The number of hydrogen-bond acceptors (Lipinski definition) is 4. The third kappa shape index (κ3) is 1.84. The van der Waals surface area contributed by atoms with Gasteiger partial charge in [0.05, 0.1) is 0 Å². The van der Waals surface area contributed by atoms with E-state index in [-0.39, 0.29) is 6.04 Å². The number of nitrogens with two attached hydrogens (primary N) is 1. The van der Waals surface area contributed by atoms with Gasteiger partial charge in [0.2, 0.25) is 5.95 Å². The summed E-state index contributed by atoms with van der Waals surface area (Å²) >= 11 is 0. The molecule has 2 rings (SSSR count). The SMILES string of the molecule is CNc1nnc(C2CCCCC2N)n1C. The second kappa shape index (κ2) is 4.18. The Morgan fingerprint density at radius 3 is 2.67 bits per heavy atom. The van der Waals surface area contributed by atoms with Crippen molar-refractivity contribution in [3.63, 3.8) is 0 Å². The van der Waals surface area contributed by atoms with E-state index in [0.29, 0.717) is 5.92 Å². The molecule has 0 spiro atoms. The van der Waals surface area contributed by atoms with Gasteiger partial charge in [0.15, 0.2) is 0 Å². The highest BCUT2D eigenvalue weighted by Crippen LogP contribution is 2.31. The Labute approximate surface area is 90.1 Å². The van der Waals surface area contributed by atoms with Crippen LogP contribution >= 0.6 is 0 Å². The second-order valence-corrected chi connectivity index (χ2v) is 4.25. The summed E-state index contributed by atoms with van der Waals surface area (Å²) in [5.41, 5.74) is 6.13. The van der Waals surface area contributed by atoms with Crippen LogP contribution in [0, 0.1) is 0 Å². The molecule has 84 valence electrons. The van der Waals surface area contributed by atoms with Crippen molar-refractivity contribution in [1.82, 2.24) is 14.8 Å². The molecule has 0 radical (unpaired) electrons. The lowest BCUT2D eigenvalue weighted by Crippen LogP contribution is -2.33. The van der Waals surface area contributed by atoms with Gasteiger partial charge in [0.25, 0.3) is 0 Å². The van der Waals surface area contributed by atoms with Crippen LogP contribution in [0.25, 0.3) is 0 Å². The first-order chi connectivity index (χ1) is 7.24. The molecule has 5 heteroatoms. The highest BCUT2D eigenvalue weighted by atomic mass is 15.3. The van der Waals surface area contributed by atoms with Gasteiger partial charge in [-0.1, -0.05) is 12.8 Å². The number of rotatable bonds is 2. The van der Waals surface area contributed by atoms with Gasteiger partial charge >= 0.3 is 0 Å². The van der Waals surface area contributed by atoms with E-state index in [9.17, 15) is 0 Å². The highest BCUT2D eigenvalue weighted by Gasteiger charge is 2.27. The molecular formula is C10H19N5. The first-order valence-electron chi connectivity index (χ1n) is 5.56. The van der Waals surface area contributed by atoms with Gasteiger partial charge in [-0.25, -0.2) is 0 Å². The average Bonchev–Trinajstić information content (AvgIpc) is 2.60. The molecule has 2 atom stereocenters. The van der Waals surface area contributed by atoms with E-state index >= 15 is 0 Å². The molecule has 1 aliphatic rings. The molecule has 0 aromatic carbocycles. The molecule has 1 aliphatic carbocycles. The predicted molar refractivity (Wildman–Crippen MR) is 59.7 cm³/mol. The van der Waals surface area contributed by atoms with Gasteiger partial charge in [0.1, 0.15) is 5.82 Å². The third-order valence-corrected chi connectivity index (χ3v) is 3.28. The van der Waals surface area contributed by atoms with Crippen molar-refractivity contribution >= 4 is 5.95 Å².